The lowest BCUT2D eigenvalue weighted by Crippen LogP contribution is -2.57. The molecule has 3 heterocycles. The molecule has 0 saturated heterocycles. The van der Waals surface area contributed by atoms with Gasteiger partial charge in [0.1, 0.15) is 34.2 Å². The summed E-state index contributed by atoms with van der Waals surface area (Å²) in [7, 11) is 0. The molecule has 0 saturated carbocycles. The standard InChI is InChI=1S/C48H30BNO3/c1-5-13-31(14-6-1)33-21-24-42-40(25-33)49-41-30-44-39(29-45(41)53-47-27-34(26-46(51-42)48(47)49)32-15-7-2-8-16-32)38-23-22-37(28-43(38)52-44)50(35-17-9-3-10-18-35)36-19-11-4-12-20-36/h1-30H. The van der Waals surface area contributed by atoms with Crippen LogP contribution in [0.5, 0.6) is 23.0 Å². The summed E-state index contributed by atoms with van der Waals surface area (Å²) in [4.78, 5) is 2.26. The average molecular weight is 680 g/mol. The van der Waals surface area contributed by atoms with Gasteiger partial charge in [-0.1, -0.05) is 109 Å². The van der Waals surface area contributed by atoms with Crippen LogP contribution in [0.3, 0.4) is 0 Å². The molecule has 248 valence electrons. The zero-order chi connectivity index (χ0) is 34.9. The van der Waals surface area contributed by atoms with E-state index in [4.69, 9.17) is 13.9 Å². The zero-order valence-electron chi connectivity index (χ0n) is 28.6. The molecule has 0 unspecified atom stereocenters. The highest BCUT2D eigenvalue weighted by Crippen LogP contribution is 2.42. The third-order valence-corrected chi connectivity index (χ3v) is 10.6. The van der Waals surface area contributed by atoms with Crippen molar-refractivity contribution >= 4 is 62.1 Å². The Balaban J connectivity index is 1.10. The number of rotatable bonds is 5. The van der Waals surface area contributed by atoms with Crippen LogP contribution >= 0.6 is 0 Å². The van der Waals surface area contributed by atoms with Crippen LogP contribution in [0.2, 0.25) is 0 Å². The molecule has 2 aliphatic rings. The molecule has 0 radical (unpaired) electrons. The Labute approximate surface area is 307 Å². The summed E-state index contributed by atoms with van der Waals surface area (Å²) in [6.45, 7) is -0.110. The van der Waals surface area contributed by atoms with Gasteiger partial charge in [-0.3, -0.25) is 0 Å². The van der Waals surface area contributed by atoms with Crippen LogP contribution in [0.15, 0.2) is 186 Å². The molecular formula is C48H30BNO3. The van der Waals surface area contributed by atoms with Crippen molar-refractivity contribution in [2.75, 3.05) is 4.90 Å². The molecule has 8 aromatic carbocycles. The first-order valence-corrected chi connectivity index (χ1v) is 17.9. The summed E-state index contributed by atoms with van der Waals surface area (Å²) in [5.41, 5.74) is 12.5. The van der Waals surface area contributed by atoms with Gasteiger partial charge in [0.05, 0.1) is 0 Å². The molecule has 5 heteroatoms. The minimum absolute atomic E-state index is 0.110. The Kier molecular flexibility index (Phi) is 6.61. The van der Waals surface area contributed by atoms with Crippen molar-refractivity contribution in [3.05, 3.63) is 182 Å². The van der Waals surface area contributed by atoms with Gasteiger partial charge in [-0.05, 0) is 99.9 Å². The van der Waals surface area contributed by atoms with Gasteiger partial charge in [0, 0.05) is 39.4 Å². The van der Waals surface area contributed by atoms with Gasteiger partial charge in [0.25, 0.3) is 6.71 Å². The molecule has 11 rings (SSSR count). The molecule has 0 atom stereocenters. The minimum atomic E-state index is -0.110. The molecule has 0 bridgehead atoms. The molecule has 0 fully saturated rings. The zero-order valence-corrected chi connectivity index (χ0v) is 28.6. The quantitative estimate of drug-likeness (QED) is 0.170. The van der Waals surface area contributed by atoms with Crippen LogP contribution < -0.4 is 30.8 Å². The Morgan fingerprint density at radius 3 is 1.58 bits per heavy atom. The van der Waals surface area contributed by atoms with E-state index in [0.717, 1.165) is 101 Å². The van der Waals surface area contributed by atoms with Crippen LogP contribution in [-0.4, -0.2) is 6.71 Å². The van der Waals surface area contributed by atoms with E-state index in [2.05, 4.69) is 169 Å². The fourth-order valence-electron chi connectivity index (χ4n) is 8.11. The molecule has 1 aromatic heterocycles. The molecule has 53 heavy (non-hydrogen) atoms. The first-order chi connectivity index (χ1) is 26.2. The molecule has 9 aromatic rings. The highest BCUT2D eigenvalue weighted by molar-refractivity contribution is 6.98. The molecule has 0 amide bonds. The van der Waals surface area contributed by atoms with Crippen molar-refractivity contribution in [2.24, 2.45) is 0 Å². The second kappa shape index (κ2) is 11.8. The summed E-state index contributed by atoms with van der Waals surface area (Å²) in [6, 6.07) is 63.5. The van der Waals surface area contributed by atoms with E-state index in [1.807, 2.05) is 18.2 Å². The van der Waals surface area contributed by atoms with Gasteiger partial charge in [0.15, 0.2) is 0 Å². The van der Waals surface area contributed by atoms with Crippen molar-refractivity contribution in [3.63, 3.8) is 0 Å². The molecule has 0 aliphatic carbocycles. The topological polar surface area (TPSA) is 34.8 Å². The van der Waals surface area contributed by atoms with Gasteiger partial charge in [0.2, 0.25) is 0 Å². The smallest absolute Gasteiger partial charge is 0.260 e. The van der Waals surface area contributed by atoms with Crippen LogP contribution in [0.4, 0.5) is 17.1 Å². The highest BCUT2D eigenvalue weighted by atomic mass is 16.5. The Morgan fingerprint density at radius 2 is 0.925 bits per heavy atom. The monoisotopic (exact) mass is 679 g/mol. The molecular weight excluding hydrogens is 649 g/mol. The van der Waals surface area contributed by atoms with Crippen LogP contribution in [0, 0.1) is 0 Å². The van der Waals surface area contributed by atoms with Gasteiger partial charge in [-0.15, -0.1) is 0 Å². The maximum Gasteiger partial charge on any atom is 0.260 e. The number of fused-ring (bicyclic) bond motifs is 7. The summed E-state index contributed by atoms with van der Waals surface area (Å²) < 4.78 is 20.4. The predicted octanol–water partition coefficient (Wildman–Crippen LogP) is 11.1. The number of hydrogen-bond acceptors (Lipinski definition) is 4. The van der Waals surface area contributed by atoms with Gasteiger partial charge in [-0.25, -0.2) is 0 Å². The normalized spacial score (nSPS) is 12.4. The lowest BCUT2D eigenvalue weighted by Gasteiger charge is -2.33. The van der Waals surface area contributed by atoms with E-state index < -0.39 is 0 Å². The van der Waals surface area contributed by atoms with Gasteiger partial charge in [-0.2, -0.15) is 0 Å². The van der Waals surface area contributed by atoms with E-state index in [1.165, 1.54) is 0 Å². The van der Waals surface area contributed by atoms with Crippen molar-refractivity contribution < 1.29 is 13.9 Å². The second-order valence-corrected chi connectivity index (χ2v) is 13.7. The molecule has 0 spiro atoms. The van der Waals surface area contributed by atoms with Crippen molar-refractivity contribution in [2.45, 2.75) is 0 Å². The van der Waals surface area contributed by atoms with E-state index >= 15 is 0 Å². The SMILES string of the molecule is c1ccc(-c2cc3c4c(c2)Oc2cc5c(cc2B4c2cc(-c4ccccc4)ccc2O3)oc2cc(N(c3ccccc3)c3ccccc3)ccc25)cc1. The van der Waals surface area contributed by atoms with E-state index in [1.54, 1.807) is 0 Å². The van der Waals surface area contributed by atoms with E-state index in [-0.39, 0.29) is 6.71 Å². The van der Waals surface area contributed by atoms with Crippen LogP contribution in [0.25, 0.3) is 44.2 Å². The molecule has 4 nitrogen and oxygen atoms in total. The second-order valence-electron chi connectivity index (χ2n) is 13.7. The summed E-state index contributed by atoms with van der Waals surface area (Å²) in [5, 5.41) is 2.06. The Morgan fingerprint density at radius 1 is 0.358 bits per heavy atom. The van der Waals surface area contributed by atoms with Crippen LogP contribution in [0.1, 0.15) is 0 Å². The lowest BCUT2D eigenvalue weighted by atomic mass is 9.34. The number of anilines is 3. The number of furan rings is 1. The van der Waals surface area contributed by atoms with Crippen molar-refractivity contribution in [3.8, 4) is 45.3 Å². The van der Waals surface area contributed by atoms with E-state index in [0.29, 0.717) is 0 Å². The van der Waals surface area contributed by atoms with Crippen molar-refractivity contribution in [1.29, 1.82) is 0 Å². The summed E-state index contributed by atoms with van der Waals surface area (Å²) >= 11 is 0. The fourth-order valence-corrected chi connectivity index (χ4v) is 8.11. The maximum absolute atomic E-state index is 6.89. The number of hydrogen-bond donors (Lipinski definition) is 0. The largest absolute Gasteiger partial charge is 0.458 e. The van der Waals surface area contributed by atoms with E-state index in [9.17, 15) is 0 Å². The third-order valence-electron chi connectivity index (χ3n) is 10.6. The van der Waals surface area contributed by atoms with Gasteiger partial charge >= 0.3 is 0 Å². The lowest BCUT2D eigenvalue weighted by molar-refractivity contribution is 0.465. The minimum Gasteiger partial charge on any atom is -0.458 e. The first kappa shape index (κ1) is 29.7. The number of ether oxygens (including phenoxy) is 2. The number of benzene rings is 8. The maximum atomic E-state index is 6.89. The highest BCUT2D eigenvalue weighted by Gasteiger charge is 2.41. The number of para-hydroxylation sites is 2. The molecule has 2 aliphatic heterocycles. The fraction of sp³-hybridized carbons (Fsp3) is 0. The Bertz CT molecular complexity index is 2800. The number of nitrogens with zero attached hydrogens (tertiary/aromatic N) is 1. The first-order valence-electron chi connectivity index (χ1n) is 17.9. The summed E-state index contributed by atoms with van der Waals surface area (Å²) in [5.74, 6) is 3.30. The van der Waals surface area contributed by atoms with Gasteiger partial charge < -0.3 is 18.8 Å². The average Bonchev–Trinajstić information content (AvgIpc) is 3.58. The predicted molar refractivity (Wildman–Crippen MR) is 217 cm³/mol. The Hall–Kier alpha value is -6.98. The third kappa shape index (κ3) is 4.85. The summed E-state index contributed by atoms with van der Waals surface area (Å²) in [6.07, 6.45) is 0. The van der Waals surface area contributed by atoms with Crippen molar-refractivity contribution in [1.82, 2.24) is 0 Å². The van der Waals surface area contributed by atoms with Crippen LogP contribution in [-0.2, 0) is 0 Å². The molecule has 0 N–H and O–H groups in total.